The van der Waals surface area contributed by atoms with E-state index in [1.54, 1.807) is 0 Å². The van der Waals surface area contributed by atoms with E-state index in [-0.39, 0.29) is 23.4 Å². The van der Waals surface area contributed by atoms with Crippen molar-refractivity contribution in [2.24, 2.45) is 11.3 Å². The summed E-state index contributed by atoms with van der Waals surface area (Å²) in [7, 11) is 5.92. The number of nitrogens with zero attached hydrogens (tertiary/aromatic N) is 5. The van der Waals surface area contributed by atoms with Crippen molar-refractivity contribution in [2.45, 2.75) is 52.1 Å². The molecule has 1 amide bonds. The predicted molar refractivity (Wildman–Crippen MR) is 145 cm³/mol. The van der Waals surface area contributed by atoms with E-state index < -0.39 is 0 Å². The summed E-state index contributed by atoms with van der Waals surface area (Å²) in [6, 6.07) is 20.0. The Balaban J connectivity index is 1.59. The zero-order valence-electron chi connectivity index (χ0n) is 22.2. The molecule has 2 aromatic rings. The first-order valence-corrected chi connectivity index (χ1v) is 13.2. The van der Waals surface area contributed by atoms with Crippen molar-refractivity contribution < 1.29 is 4.79 Å². The number of carbonyl (C=O) groups excluding carboxylic acids is 1. The second-order valence-corrected chi connectivity index (χ2v) is 11.5. The van der Waals surface area contributed by atoms with Crippen molar-refractivity contribution in [3.63, 3.8) is 0 Å². The molecule has 0 bridgehead atoms. The number of piperidine rings is 1. The molecule has 0 aromatic heterocycles. The van der Waals surface area contributed by atoms with Gasteiger partial charge in [0.15, 0.2) is 7.98 Å². The summed E-state index contributed by atoms with van der Waals surface area (Å²) < 4.78 is 0. The number of rotatable bonds is 5. The van der Waals surface area contributed by atoms with Crippen LogP contribution in [0.2, 0.25) is 0 Å². The van der Waals surface area contributed by atoms with Crippen LogP contribution in [0.5, 0.6) is 0 Å². The van der Waals surface area contributed by atoms with Gasteiger partial charge in [0.05, 0.1) is 29.3 Å². The fourth-order valence-corrected chi connectivity index (χ4v) is 5.69. The lowest BCUT2D eigenvalue weighted by Crippen LogP contribution is -2.60. The molecule has 6 nitrogen and oxygen atoms in total. The topological polar surface area (TPSA) is 74.4 Å². The maximum Gasteiger partial charge on any atom is 0.223 e. The molecular formula is C30H36BN5O. The highest BCUT2D eigenvalue weighted by molar-refractivity contribution is 6.04. The molecule has 2 saturated heterocycles. The minimum atomic E-state index is -0.0885. The first kappa shape index (κ1) is 26.9. The quantitative estimate of drug-likeness (QED) is 0.582. The Bertz CT molecular complexity index is 1090. The van der Waals surface area contributed by atoms with E-state index in [4.69, 9.17) is 7.98 Å². The van der Waals surface area contributed by atoms with Gasteiger partial charge in [0, 0.05) is 32.1 Å². The van der Waals surface area contributed by atoms with Gasteiger partial charge in [-0.05, 0) is 72.7 Å². The molecule has 0 spiro atoms. The summed E-state index contributed by atoms with van der Waals surface area (Å²) in [5.41, 5.74) is 3.38. The maximum absolute atomic E-state index is 13.6. The van der Waals surface area contributed by atoms with Gasteiger partial charge in [0.1, 0.15) is 0 Å². The van der Waals surface area contributed by atoms with Gasteiger partial charge in [0.25, 0.3) is 0 Å². The number of piperazine rings is 1. The third-order valence-corrected chi connectivity index (χ3v) is 7.92. The normalized spacial score (nSPS) is 19.9. The molecule has 1 atom stereocenters. The summed E-state index contributed by atoms with van der Waals surface area (Å²) in [5, 5.41) is 18.6. The Morgan fingerprint density at radius 3 is 1.89 bits per heavy atom. The SMILES string of the molecule is [B]N1CCC(CC(=O)N2CCN(C(c3ccc(C#N)cc3)c3ccc(C#N)cc3)C[C@@H]2C(C)(C)C)CC1. The zero-order valence-corrected chi connectivity index (χ0v) is 22.2. The number of nitriles is 2. The van der Waals surface area contributed by atoms with Crippen LogP contribution in [0.4, 0.5) is 0 Å². The Kier molecular flexibility index (Phi) is 8.37. The molecule has 0 unspecified atom stereocenters. The van der Waals surface area contributed by atoms with Gasteiger partial charge in [0.2, 0.25) is 5.91 Å². The summed E-state index contributed by atoms with van der Waals surface area (Å²) in [5.74, 6) is 0.652. The number of amides is 1. The van der Waals surface area contributed by atoms with Gasteiger partial charge in [-0.25, -0.2) is 0 Å². The van der Waals surface area contributed by atoms with Crippen molar-refractivity contribution in [2.75, 3.05) is 32.7 Å². The van der Waals surface area contributed by atoms with Crippen LogP contribution in [0.25, 0.3) is 0 Å². The third kappa shape index (κ3) is 6.42. The molecular weight excluding hydrogens is 457 g/mol. The van der Waals surface area contributed by atoms with Crippen LogP contribution >= 0.6 is 0 Å². The van der Waals surface area contributed by atoms with Crippen molar-refractivity contribution in [3.8, 4) is 12.1 Å². The predicted octanol–water partition coefficient (Wildman–Crippen LogP) is 4.26. The van der Waals surface area contributed by atoms with E-state index in [0.29, 0.717) is 30.0 Å². The molecule has 2 fully saturated rings. The highest BCUT2D eigenvalue weighted by atomic mass is 16.2. The van der Waals surface area contributed by atoms with Crippen LogP contribution in [0.1, 0.15) is 68.3 Å². The molecule has 0 aliphatic carbocycles. The molecule has 4 rings (SSSR count). The number of hydrogen-bond donors (Lipinski definition) is 0. The van der Waals surface area contributed by atoms with Gasteiger partial charge >= 0.3 is 0 Å². The standard InChI is InChI=1S/C30H36BN5O/c1-30(2,3)27-21-34(16-17-36(27)28(37)18-22-12-14-35(31)15-13-22)29(25-8-4-23(19-32)5-9-25)26-10-6-24(20-33)7-11-26/h4-11,22,27,29H,12-18,21H2,1-3H3/t27-/m1/s1. The van der Waals surface area contributed by atoms with Gasteiger partial charge in [-0.3, -0.25) is 9.69 Å². The number of benzene rings is 2. The second kappa shape index (κ2) is 11.5. The van der Waals surface area contributed by atoms with Crippen molar-refractivity contribution in [1.82, 2.24) is 14.6 Å². The van der Waals surface area contributed by atoms with E-state index in [1.807, 2.05) is 53.3 Å². The average molecular weight is 493 g/mol. The molecule has 2 radical (unpaired) electrons. The summed E-state index contributed by atoms with van der Waals surface area (Å²) >= 11 is 0. The molecule has 0 saturated carbocycles. The van der Waals surface area contributed by atoms with Crippen LogP contribution in [-0.2, 0) is 4.79 Å². The molecule has 37 heavy (non-hydrogen) atoms. The van der Waals surface area contributed by atoms with E-state index in [2.05, 4.69) is 42.7 Å². The Labute approximate surface area is 222 Å². The summed E-state index contributed by atoms with van der Waals surface area (Å²) in [6.45, 7) is 10.5. The molecule has 7 heteroatoms. The molecule has 190 valence electrons. The summed E-state index contributed by atoms with van der Waals surface area (Å²) in [4.78, 5) is 20.0. The van der Waals surface area contributed by atoms with Crippen LogP contribution in [0.3, 0.4) is 0 Å². The Morgan fingerprint density at radius 2 is 1.43 bits per heavy atom. The van der Waals surface area contributed by atoms with Crippen molar-refractivity contribution >= 4 is 13.9 Å². The van der Waals surface area contributed by atoms with Gasteiger partial charge in [-0.2, -0.15) is 10.5 Å². The van der Waals surface area contributed by atoms with Gasteiger partial charge < -0.3 is 9.71 Å². The summed E-state index contributed by atoms with van der Waals surface area (Å²) in [6.07, 6.45) is 2.54. The van der Waals surface area contributed by atoms with E-state index in [1.165, 1.54) is 0 Å². The largest absolute Gasteiger partial charge is 0.353 e. The highest BCUT2D eigenvalue weighted by Gasteiger charge is 2.40. The van der Waals surface area contributed by atoms with Gasteiger partial charge in [-0.1, -0.05) is 45.0 Å². The van der Waals surface area contributed by atoms with Crippen LogP contribution in [0.15, 0.2) is 48.5 Å². The van der Waals surface area contributed by atoms with E-state index in [0.717, 1.165) is 50.1 Å². The molecule has 2 aliphatic heterocycles. The monoisotopic (exact) mass is 493 g/mol. The van der Waals surface area contributed by atoms with Crippen LogP contribution in [-0.4, -0.2) is 67.3 Å². The highest BCUT2D eigenvalue weighted by Crippen LogP contribution is 2.36. The lowest BCUT2D eigenvalue weighted by atomic mass is 9.82. The fourth-order valence-electron chi connectivity index (χ4n) is 5.69. The second-order valence-electron chi connectivity index (χ2n) is 11.5. The zero-order chi connectivity index (χ0) is 26.6. The average Bonchev–Trinajstić information content (AvgIpc) is 2.90. The lowest BCUT2D eigenvalue weighted by molar-refractivity contribution is -0.141. The minimum Gasteiger partial charge on any atom is -0.353 e. The van der Waals surface area contributed by atoms with Crippen LogP contribution in [0, 0.1) is 34.0 Å². The Hall–Kier alpha value is -3.13. The molecule has 0 N–H and O–H groups in total. The van der Waals surface area contributed by atoms with E-state index >= 15 is 0 Å². The van der Waals surface area contributed by atoms with Crippen molar-refractivity contribution in [1.29, 1.82) is 10.5 Å². The number of carbonyl (C=O) groups is 1. The lowest BCUT2D eigenvalue weighted by Gasteiger charge is -2.50. The molecule has 2 aliphatic rings. The van der Waals surface area contributed by atoms with Crippen molar-refractivity contribution in [3.05, 3.63) is 70.8 Å². The first-order chi connectivity index (χ1) is 17.7. The molecule has 2 heterocycles. The van der Waals surface area contributed by atoms with E-state index in [9.17, 15) is 15.3 Å². The Morgan fingerprint density at radius 1 is 0.919 bits per heavy atom. The maximum atomic E-state index is 13.6. The minimum absolute atomic E-state index is 0.0310. The first-order valence-electron chi connectivity index (χ1n) is 13.2. The van der Waals surface area contributed by atoms with Gasteiger partial charge in [-0.15, -0.1) is 0 Å². The fraction of sp³-hybridized carbons (Fsp3) is 0.500. The molecule has 2 aromatic carbocycles. The smallest absolute Gasteiger partial charge is 0.223 e. The third-order valence-electron chi connectivity index (χ3n) is 7.92. The number of hydrogen-bond acceptors (Lipinski definition) is 5. The van der Waals surface area contributed by atoms with Crippen LogP contribution < -0.4 is 0 Å².